The summed E-state index contributed by atoms with van der Waals surface area (Å²) in [7, 11) is 0. The highest BCUT2D eigenvalue weighted by Gasteiger charge is 2.10. The molecule has 0 saturated heterocycles. The number of amides is 1. The monoisotopic (exact) mass is 415 g/mol. The molecule has 0 aliphatic rings. The smallest absolute Gasteiger partial charge is 0.228 e. The van der Waals surface area contributed by atoms with Crippen LogP contribution in [0.5, 0.6) is 17.2 Å². The van der Waals surface area contributed by atoms with Gasteiger partial charge in [-0.2, -0.15) is 0 Å². The summed E-state index contributed by atoms with van der Waals surface area (Å²) < 4.78 is 11.3. The molecule has 0 saturated carbocycles. The summed E-state index contributed by atoms with van der Waals surface area (Å²) >= 11 is 11.9. The normalized spacial score (nSPS) is 10.4. The molecule has 28 heavy (non-hydrogen) atoms. The third kappa shape index (κ3) is 5.41. The molecule has 0 bridgehead atoms. The quantitative estimate of drug-likeness (QED) is 0.487. The van der Waals surface area contributed by atoms with Gasteiger partial charge in [0, 0.05) is 0 Å². The average Bonchev–Trinajstić information content (AvgIpc) is 2.68. The Morgan fingerprint density at radius 1 is 0.929 bits per heavy atom. The minimum Gasteiger partial charge on any atom is -0.494 e. The molecule has 0 aliphatic heterocycles. The molecule has 0 spiro atoms. The number of nitrogens with one attached hydrogen (secondary N) is 1. The van der Waals surface area contributed by atoms with E-state index < -0.39 is 0 Å². The van der Waals surface area contributed by atoms with Crippen molar-refractivity contribution in [2.45, 2.75) is 13.3 Å². The highest BCUT2D eigenvalue weighted by Crippen LogP contribution is 2.30. The number of hydrogen-bond donors (Lipinski definition) is 1. The van der Waals surface area contributed by atoms with Crippen molar-refractivity contribution in [1.29, 1.82) is 0 Å². The molecule has 0 aromatic heterocycles. The second kappa shape index (κ2) is 9.49. The lowest BCUT2D eigenvalue weighted by atomic mass is 10.1. The van der Waals surface area contributed by atoms with E-state index in [-0.39, 0.29) is 12.3 Å². The van der Waals surface area contributed by atoms with Gasteiger partial charge in [0.15, 0.2) is 5.75 Å². The summed E-state index contributed by atoms with van der Waals surface area (Å²) in [4.78, 5) is 12.4. The van der Waals surface area contributed by atoms with Crippen LogP contribution < -0.4 is 14.8 Å². The molecule has 0 heterocycles. The number of carbonyl (C=O) groups excluding carboxylic acids is 1. The van der Waals surface area contributed by atoms with Gasteiger partial charge in [-0.1, -0.05) is 41.4 Å². The van der Waals surface area contributed by atoms with Crippen molar-refractivity contribution in [3.8, 4) is 17.2 Å². The zero-order valence-corrected chi connectivity index (χ0v) is 16.8. The first kappa shape index (κ1) is 20.1. The Balaban J connectivity index is 1.69. The maximum Gasteiger partial charge on any atom is 0.228 e. The Kier molecular flexibility index (Phi) is 6.80. The van der Waals surface area contributed by atoms with Gasteiger partial charge in [-0.3, -0.25) is 4.79 Å². The average molecular weight is 416 g/mol. The molecule has 0 atom stereocenters. The molecule has 3 aromatic carbocycles. The lowest BCUT2D eigenvalue weighted by molar-refractivity contribution is -0.115. The Labute approximate surface area is 174 Å². The van der Waals surface area contributed by atoms with Gasteiger partial charge < -0.3 is 14.8 Å². The Hall–Kier alpha value is -2.69. The summed E-state index contributed by atoms with van der Waals surface area (Å²) in [5.74, 6) is 1.79. The number of ether oxygens (including phenoxy) is 2. The Morgan fingerprint density at radius 2 is 1.64 bits per heavy atom. The molecule has 3 aromatic rings. The molecule has 0 radical (unpaired) electrons. The maximum atomic E-state index is 12.4. The van der Waals surface area contributed by atoms with E-state index in [9.17, 15) is 4.79 Å². The number of benzene rings is 3. The van der Waals surface area contributed by atoms with Crippen LogP contribution in [0.4, 0.5) is 5.69 Å². The molecule has 6 heteroatoms. The van der Waals surface area contributed by atoms with Crippen LogP contribution in [0.2, 0.25) is 10.0 Å². The number of carbonyl (C=O) groups is 1. The zero-order valence-electron chi connectivity index (χ0n) is 15.2. The Bertz CT molecular complexity index is 958. The molecule has 1 amide bonds. The van der Waals surface area contributed by atoms with Crippen molar-refractivity contribution in [3.05, 3.63) is 82.3 Å². The number of hydrogen-bond acceptors (Lipinski definition) is 3. The molecule has 144 valence electrons. The van der Waals surface area contributed by atoms with E-state index in [0.29, 0.717) is 33.8 Å². The van der Waals surface area contributed by atoms with Crippen molar-refractivity contribution in [2.24, 2.45) is 0 Å². The number of halogens is 2. The van der Waals surface area contributed by atoms with Crippen LogP contribution in [0.15, 0.2) is 66.7 Å². The van der Waals surface area contributed by atoms with E-state index >= 15 is 0 Å². The fourth-order valence-electron chi connectivity index (χ4n) is 2.59. The SMILES string of the molecule is CCOc1ccc(Oc2ccccc2NC(=O)Cc2ccc(Cl)c(Cl)c2)cc1. The molecular formula is C22H19Cl2NO3. The molecule has 1 N–H and O–H groups in total. The highest BCUT2D eigenvalue weighted by molar-refractivity contribution is 6.42. The first-order valence-electron chi connectivity index (χ1n) is 8.78. The van der Waals surface area contributed by atoms with Crippen LogP contribution in [0.1, 0.15) is 12.5 Å². The van der Waals surface area contributed by atoms with Crippen molar-refractivity contribution in [3.63, 3.8) is 0 Å². The summed E-state index contributed by atoms with van der Waals surface area (Å²) in [5, 5.41) is 3.76. The van der Waals surface area contributed by atoms with E-state index in [1.54, 1.807) is 30.3 Å². The van der Waals surface area contributed by atoms with Crippen molar-refractivity contribution < 1.29 is 14.3 Å². The summed E-state index contributed by atoms with van der Waals surface area (Å²) in [5.41, 5.74) is 1.36. The lowest BCUT2D eigenvalue weighted by Crippen LogP contribution is -2.14. The highest BCUT2D eigenvalue weighted by atomic mass is 35.5. The van der Waals surface area contributed by atoms with Crippen molar-refractivity contribution >= 4 is 34.8 Å². The fourth-order valence-corrected chi connectivity index (χ4v) is 2.91. The summed E-state index contributed by atoms with van der Waals surface area (Å²) in [6.45, 7) is 2.54. The Morgan fingerprint density at radius 3 is 2.36 bits per heavy atom. The molecule has 0 unspecified atom stereocenters. The minimum absolute atomic E-state index is 0.175. The van der Waals surface area contributed by atoms with Crippen LogP contribution >= 0.6 is 23.2 Å². The van der Waals surface area contributed by atoms with Gasteiger partial charge in [-0.15, -0.1) is 0 Å². The van der Waals surface area contributed by atoms with Gasteiger partial charge in [-0.05, 0) is 61.0 Å². The van der Waals surface area contributed by atoms with Crippen molar-refractivity contribution in [2.75, 3.05) is 11.9 Å². The first-order chi connectivity index (χ1) is 13.5. The van der Waals surface area contributed by atoms with E-state index in [4.69, 9.17) is 32.7 Å². The van der Waals surface area contributed by atoms with Gasteiger partial charge in [0.25, 0.3) is 0 Å². The second-order valence-corrected chi connectivity index (χ2v) is 6.79. The maximum absolute atomic E-state index is 12.4. The van der Waals surface area contributed by atoms with Crippen LogP contribution in [0.3, 0.4) is 0 Å². The number of rotatable bonds is 7. The molecule has 0 fully saturated rings. The molecular weight excluding hydrogens is 397 g/mol. The first-order valence-corrected chi connectivity index (χ1v) is 9.54. The van der Waals surface area contributed by atoms with Gasteiger partial charge >= 0.3 is 0 Å². The van der Waals surface area contributed by atoms with Gasteiger partial charge in [0.1, 0.15) is 11.5 Å². The standard InChI is InChI=1S/C22H19Cl2NO3/c1-2-27-16-8-10-17(11-9-16)28-21-6-4-3-5-20(21)25-22(26)14-15-7-12-18(23)19(24)13-15/h3-13H,2,14H2,1H3,(H,25,26). The predicted molar refractivity (Wildman–Crippen MR) is 113 cm³/mol. The molecule has 4 nitrogen and oxygen atoms in total. The third-order valence-corrected chi connectivity index (χ3v) is 4.61. The van der Waals surface area contributed by atoms with Crippen LogP contribution in [0, 0.1) is 0 Å². The van der Waals surface area contributed by atoms with Crippen molar-refractivity contribution in [1.82, 2.24) is 0 Å². The zero-order chi connectivity index (χ0) is 19.9. The van der Waals surface area contributed by atoms with E-state index in [2.05, 4.69) is 5.32 Å². The van der Waals surface area contributed by atoms with E-state index in [1.165, 1.54) is 0 Å². The third-order valence-electron chi connectivity index (χ3n) is 3.87. The number of anilines is 1. The summed E-state index contributed by atoms with van der Waals surface area (Å²) in [6, 6.07) is 19.7. The summed E-state index contributed by atoms with van der Waals surface area (Å²) in [6.07, 6.45) is 0.175. The van der Waals surface area contributed by atoms with Crippen LogP contribution in [0.25, 0.3) is 0 Å². The lowest BCUT2D eigenvalue weighted by Gasteiger charge is -2.13. The van der Waals surface area contributed by atoms with E-state index in [0.717, 1.165) is 11.3 Å². The van der Waals surface area contributed by atoms with E-state index in [1.807, 2.05) is 43.3 Å². The van der Waals surface area contributed by atoms with Gasteiger partial charge in [-0.25, -0.2) is 0 Å². The minimum atomic E-state index is -0.180. The largest absolute Gasteiger partial charge is 0.494 e. The topological polar surface area (TPSA) is 47.6 Å². The van der Waals surface area contributed by atoms with Crippen LogP contribution in [-0.2, 0) is 11.2 Å². The second-order valence-electron chi connectivity index (χ2n) is 5.98. The molecule has 3 rings (SSSR count). The van der Waals surface area contributed by atoms with Crippen LogP contribution in [-0.4, -0.2) is 12.5 Å². The number of para-hydroxylation sites is 2. The predicted octanol–water partition coefficient (Wildman–Crippen LogP) is 6.37. The van der Waals surface area contributed by atoms with Gasteiger partial charge in [0.2, 0.25) is 5.91 Å². The fraction of sp³-hybridized carbons (Fsp3) is 0.136. The van der Waals surface area contributed by atoms with Gasteiger partial charge in [0.05, 0.1) is 28.8 Å². The molecule has 0 aliphatic carbocycles.